The summed E-state index contributed by atoms with van der Waals surface area (Å²) in [5.74, 6) is 1.84. The molecule has 0 spiro atoms. The van der Waals surface area contributed by atoms with Gasteiger partial charge < -0.3 is 21.3 Å². The van der Waals surface area contributed by atoms with Crippen LogP contribution in [-0.2, 0) is 0 Å². The van der Waals surface area contributed by atoms with E-state index >= 15 is 0 Å². The molecule has 0 radical (unpaired) electrons. The topological polar surface area (TPSA) is 96.2 Å². The van der Waals surface area contributed by atoms with Crippen LogP contribution in [0.2, 0.25) is 0 Å². The number of nitrogens with two attached hydrogens (primary N) is 1. The number of anilines is 6. The molecule has 2 aromatic heterocycles. The number of hydrogen-bond donors (Lipinski definition) is 3. The molecule has 7 heteroatoms. The predicted molar refractivity (Wildman–Crippen MR) is 232 cm³/mol. The number of aldehydes is 1. The molecule has 55 heavy (non-hydrogen) atoms. The van der Waals surface area contributed by atoms with Gasteiger partial charge in [-0.05, 0) is 88.4 Å². The normalized spacial score (nSPS) is 13.1. The lowest BCUT2D eigenvalue weighted by Crippen LogP contribution is -2.26. The Morgan fingerprint density at radius 1 is 0.636 bits per heavy atom. The fourth-order valence-corrected chi connectivity index (χ4v) is 6.85. The van der Waals surface area contributed by atoms with Crippen molar-refractivity contribution >= 4 is 40.4 Å². The van der Waals surface area contributed by atoms with E-state index in [-0.39, 0.29) is 6.17 Å². The number of pyridine rings is 2. The molecule has 0 saturated carbocycles. The Bertz CT molecular complexity index is 2080. The predicted octanol–water partition coefficient (Wildman–Crippen LogP) is 12.7. The van der Waals surface area contributed by atoms with Gasteiger partial charge in [-0.2, -0.15) is 0 Å². The van der Waals surface area contributed by atoms with Crippen molar-refractivity contribution in [2.75, 3.05) is 21.3 Å². The molecule has 0 bridgehead atoms. The summed E-state index contributed by atoms with van der Waals surface area (Å²) in [6, 6.07) is 37.3. The van der Waals surface area contributed by atoms with Crippen LogP contribution in [0.4, 0.5) is 34.1 Å². The van der Waals surface area contributed by atoms with Crippen molar-refractivity contribution in [1.82, 2.24) is 9.97 Å². The van der Waals surface area contributed by atoms with Crippen molar-refractivity contribution in [3.8, 4) is 0 Å². The van der Waals surface area contributed by atoms with Gasteiger partial charge in [-0.1, -0.05) is 122 Å². The van der Waals surface area contributed by atoms with Crippen LogP contribution in [0.25, 0.3) is 0 Å². The fourth-order valence-electron chi connectivity index (χ4n) is 6.85. The average Bonchev–Trinajstić information content (AvgIpc) is 3.59. The van der Waals surface area contributed by atoms with Gasteiger partial charge in [0.1, 0.15) is 6.17 Å². The summed E-state index contributed by atoms with van der Waals surface area (Å²) >= 11 is 0. The molecule has 4 N–H and O–H groups in total. The molecule has 1 atom stereocenters. The van der Waals surface area contributed by atoms with Crippen molar-refractivity contribution in [2.45, 2.75) is 85.2 Å². The van der Waals surface area contributed by atoms with Crippen LogP contribution in [0.3, 0.4) is 0 Å². The van der Waals surface area contributed by atoms with Gasteiger partial charge in [0.2, 0.25) is 0 Å². The third kappa shape index (κ3) is 9.78. The highest BCUT2D eigenvalue weighted by molar-refractivity contribution is 5.85. The molecule has 0 aliphatic carbocycles. The van der Waals surface area contributed by atoms with Gasteiger partial charge in [0.05, 0.1) is 28.4 Å². The third-order valence-corrected chi connectivity index (χ3v) is 9.71. The first-order chi connectivity index (χ1) is 26.5. The molecule has 4 aromatic carbocycles. The Balaban J connectivity index is 0.000000181. The summed E-state index contributed by atoms with van der Waals surface area (Å²) in [6.45, 7) is 18.0. The smallest absolute Gasteiger partial charge is 0.151 e. The zero-order valence-corrected chi connectivity index (χ0v) is 33.5. The number of rotatable bonds is 9. The van der Waals surface area contributed by atoms with Crippen LogP contribution in [-0.4, -0.2) is 16.3 Å². The molecule has 1 unspecified atom stereocenters. The van der Waals surface area contributed by atoms with Gasteiger partial charge in [-0.15, -0.1) is 0 Å². The zero-order valence-electron chi connectivity index (χ0n) is 33.5. The largest absolute Gasteiger partial charge is 0.397 e. The SMILES string of the molecule is CC(C)c1cccc(C(C)C)c1N1c2ccccc2NC1c1cccnc1.CC(C)c1cccc(C(C)C)c1Nc1ccccc1N.O=Cc1cccnc1. The molecule has 1 aliphatic rings. The zero-order chi connectivity index (χ0) is 39.5. The number of fused-ring (bicyclic) bond motifs is 1. The number of nitrogen functional groups attached to an aromatic ring is 1. The van der Waals surface area contributed by atoms with Crippen molar-refractivity contribution < 1.29 is 4.79 Å². The van der Waals surface area contributed by atoms with E-state index in [0.29, 0.717) is 29.2 Å². The van der Waals surface area contributed by atoms with Crippen LogP contribution in [0.15, 0.2) is 134 Å². The van der Waals surface area contributed by atoms with Crippen LogP contribution >= 0.6 is 0 Å². The van der Waals surface area contributed by atoms with Gasteiger partial charge in [0, 0.05) is 41.6 Å². The summed E-state index contributed by atoms with van der Waals surface area (Å²) in [6.07, 6.45) is 7.75. The minimum absolute atomic E-state index is 0.0356. The lowest BCUT2D eigenvalue weighted by molar-refractivity contribution is 0.112. The number of benzene rings is 4. The Hall–Kier alpha value is -5.95. The van der Waals surface area contributed by atoms with Crippen molar-refractivity contribution in [3.63, 3.8) is 0 Å². The van der Waals surface area contributed by atoms with Crippen molar-refractivity contribution in [3.05, 3.63) is 167 Å². The van der Waals surface area contributed by atoms with Crippen LogP contribution < -0.4 is 21.3 Å². The van der Waals surface area contributed by atoms with Gasteiger partial charge in [0.15, 0.2) is 6.29 Å². The molecule has 6 aromatic rings. The van der Waals surface area contributed by atoms with E-state index < -0.39 is 0 Å². The maximum atomic E-state index is 9.97. The summed E-state index contributed by atoms with van der Waals surface area (Å²) in [4.78, 5) is 20.5. The Morgan fingerprint density at radius 2 is 1.18 bits per heavy atom. The van der Waals surface area contributed by atoms with Crippen LogP contribution in [0.5, 0.6) is 0 Å². The van der Waals surface area contributed by atoms with Gasteiger partial charge in [-0.25, -0.2) is 0 Å². The summed E-state index contributed by atoms with van der Waals surface area (Å²) in [5.41, 5.74) is 20.0. The standard InChI is InChI=1S/C24H27N3.C18H24N2.C6H5NO/c1-16(2)19-10-7-11-20(17(3)4)23(19)27-22-13-6-5-12-21(22)26-24(27)18-9-8-14-25-15-18;1-12(2)14-8-7-9-15(13(3)4)18(14)20-17-11-6-5-10-16(17)19;8-5-6-2-1-3-7-4-6/h5-17,24,26H,1-4H3;5-13,20H,19H2,1-4H3;1-5H. The number of carbonyl (C=O) groups is 1. The number of hydrogen-bond acceptors (Lipinski definition) is 7. The number of nitrogens with zero attached hydrogens (tertiary/aromatic N) is 3. The average molecular weight is 733 g/mol. The first kappa shape index (κ1) is 40.2. The van der Waals surface area contributed by atoms with Gasteiger partial charge >= 0.3 is 0 Å². The number of nitrogens with one attached hydrogen (secondary N) is 2. The number of para-hydroxylation sites is 6. The van der Waals surface area contributed by atoms with E-state index in [1.165, 1.54) is 56.8 Å². The summed E-state index contributed by atoms with van der Waals surface area (Å²) in [5, 5.41) is 7.26. The highest BCUT2D eigenvalue weighted by Crippen LogP contribution is 2.50. The Morgan fingerprint density at radius 3 is 1.69 bits per heavy atom. The van der Waals surface area contributed by atoms with E-state index in [9.17, 15) is 4.79 Å². The van der Waals surface area contributed by atoms with E-state index in [0.717, 1.165) is 17.7 Å². The van der Waals surface area contributed by atoms with Gasteiger partial charge in [-0.3, -0.25) is 14.8 Å². The molecular formula is C48H56N6O. The second kappa shape index (κ2) is 18.9. The minimum Gasteiger partial charge on any atom is -0.397 e. The highest BCUT2D eigenvalue weighted by Gasteiger charge is 2.34. The monoisotopic (exact) mass is 732 g/mol. The number of aromatic nitrogens is 2. The third-order valence-electron chi connectivity index (χ3n) is 9.71. The quantitative estimate of drug-likeness (QED) is 0.101. The van der Waals surface area contributed by atoms with Crippen molar-refractivity contribution in [2.24, 2.45) is 0 Å². The van der Waals surface area contributed by atoms with E-state index in [4.69, 9.17) is 5.73 Å². The molecule has 7 rings (SSSR count). The second-order valence-corrected chi connectivity index (χ2v) is 15.1. The molecule has 0 fully saturated rings. The molecule has 284 valence electrons. The van der Waals surface area contributed by atoms with E-state index in [2.05, 4.69) is 148 Å². The first-order valence-corrected chi connectivity index (χ1v) is 19.3. The highest BCUT2D eigenvalue weighted by atomic mass is 16.1. The molecule has 0 amide bonds. The second-order valence-electron chi connectivity index (χ2n) is 15.1. The van der Waals surface area contributed by atoms with Gasteiger partial charge in [0.25, 0.3) is 0 Å². The summed E-state index contributed by atoms with van der Waals surface area (Å²) < 4.78 is 0. The molecule has 3 heterocycles. The van der Waals surface area contributed by atoms with E-state index in [1.807, 2.05) is 42.7 Å². The molecule has 0 saturated heterocycles. The van der Waals surface area contributed by atoms with Crippen LogP contribution in [0.1, 0.15) is 123 Å². The van der Waals surface area contributed by atoms with Crippen LogP contribution in [0, 0.1) is 0 Å². The molecular weight excluding hydrogens is 677 g/mol. The lowest BCUT2D eigenvalue weighted by Gasteiger charge is -2.33. The minimum atomic E-state index is 0.0356. The molecule has 1 aliphatic heterocycles. The fraction of sp³-hybridized carbons (Fsp3) is 0.271. The molecule has 7 nitrogen and oxygen atoms in total. The lowest BCUT2D eigenvalue weighted by atomic mass is 9.91. The maximum Gasteiger partial charge on any atom is 0.151 e. The number of carbonyl (C=O) groups excluding carboxylic acids is 1. The maximum absolute atomic E-state index is 9.97. The first-order valence-electron chi connectivity index (χ1n) is 19.3. The van der Waals surface area contributed by atoms with Crippen molar-refractivity contribution in [1.29, 1.82) is 0 Å². The van der Waals surface area contributed by atoms with E-state index in [1.54, 1.807) is 18.3 Å². The summed E-state index contributed by atoms with van der Waals surface area (Å²) in [7, 11) is 0. The Labute approximate surface area is 328 Å². The Kier molecular flexibility index (Phi) is 13.8.